The highest BCUT2D eigenvalue weighted by Gasteiger charge is 2.12. The van der Waals surface area contributed by atoms with Gasteiger partial charge in [0.2, 0.25) is 0 Å². The van der Waals surface area contributed by atoms with Crippen molar-refractivity contribution in [1.29, 1.82) is 0 Å². The number of benzene rings is 2. The Kier molecular flexibility index (Phi) is 7.04. The van der Waals surface area contributed by atoms with E-state index in [4.69, 9.17) is 4.74 Å². The average molecular weight is 376 g/mol. The minimum absolute atomic E-state index is 0.188. The van der Waals surface area contributed by atoms with Crippen molar-refractivity contribution in [2.24, 2.45) is 0 Å². The van der Waals surface area contributed by atoms with E-state index in [-0.39, 0.29) is 6.04 Å². The molecule has 0 aliphatic rings. The highest BCUT2D eigenvalue weighted by Crippen LogP contribution is 2.23. The smallest absolute Gasteiger partial charge is 0.0667 e. The van der Waals surface area contributed by atoms with E-state index in [2.05, 4.69) is 58.9 Å². The monoisotopic (exact) mass is 375 g/mol. The van der Waals surface area contributed by atoms with Crippen molar-refractivity contribution in [2.75, 3.05) is 24.4 Å². The quantitative estimate of drug-likeness (QED) is 0.554. The van der Waals surface area contributed by atoms with Gasteiger partial charge in [-0.2, -0.15) is 0 Å². The second-order valence-electron chi connectivity index (χ2n) is 7.16. The van der Waals surface area contributed by atoms with Crippen LogP contribution in [0.25, 0.3) is 0 Å². The Hall–Kier alpha value is -2.85. The number of hydrogen-bond acceptors (Lipinski definition) is 4. The summed E-state index contributed by atoms with van der Waals surface area (Å²) in [6.07, 6.45) is 0.905. The third-order valence-electron chi connectivity index (χ3n) is 4.66. The highest BCUT2D eigenvalue weighted by atomic mass is 16.5. The first-order chi connectivity index (χ1) is 13.6. The summed E-state index contributed by atoms with van der Waals surface area (Å²) in [6.45, 7) is 5.45. The van der Waals surface area contributed by atoms with Crippen LogP contribution < -0.4 is 10.6 Å². The Morgan fingerprint density at radius 2 is 1.64 bits per heavy atom. The fourth-order valence-electron chi connectivity index (χ4n) is 3.23. The minimum Gasteiger partial charge on any atom is -0.383 e. The van der Waals surface area contributed by atoms with Crippen LogP contribution in [0.2, 0.25) is 0 Å². The fraction of sp³-hybridized carbons (Fsp3) is 0.292. The van der Waals surface area contributed by atoms with Gasteiger partial charge in [0.25, 0.3) is 0 Å². The van der Waals surface area contributed by atoms with Crippen LogP contribution in [0.15, 0.2) is 66.7 Å². The zero-order chi connectivity index (χ0) is 19.8. The van der Waals surface area contributed by atoms with Gasteiger partial charge >= 0.3 is 0 Å². The number of para-hydroxylation sites is 2. The number of pyridine rings is 1. The molecule has 146 valence electrons. The molecule has 0 saturated heterocycles. The van der Waals surface area contributed by atoms with E-state index in [1.54, 1.807) is 7.11 Å². The second kappa shape index (κ2) is 9.90. The van der Waals surface area contributed by atoms with Crippen LogP contribution in [0, 0.1) is 13.8 Å². The zero-order valence-corrected chi connectivity index (χ0v) is 16.9. The van der Waals surface area contributed by atoms with Crippen molar-refractivity contribution in [3.8, 4) is 0 Å². The number of nitrogens with one attached hydrogen (secondary N) is 2. The van der Waals surface area contributed by atoms with E-state index in [1.165, 1.54) is 11.1 Å². The van der Waals surface area contributed by atoms with Crippen molar-refractivity contribution < 1.29 is 4.74 Å². The first-order valence-corrected chi connectivity index (χ1v) is 9.70. The maximum atomic E-state index is 5.46. The van der Waals surface area contributed by atoms with Gasteiger partial charge in [0.05, 0.1) is 36.3 Å². The van der Waals surface area contributed by atoms with E-state index in [1.807, 2.05) is 37.3 Å². The van der Waals surface area contributed by atoms with Crippen molar-refractivity contribution in [3.63, 3.8) is 0 Å². The first-order valence-electron chi connectivity index (χ1n) is 9.70. The minimum atomic E-state index is 0.188. The van der Waals surface area contributed by atoms with Crippen LogP contribution in [-0.2, 0) is 17.7 Å². The number of methoxy groups -OCH3 is 1. The molecule has 1 aromatic heterocycles. The number of hydrogen-bond donors (Lipinski definition) is 2. The predicted molar refractivity (Wildman–Crippen MR) is 117 cm³/mol. The highest BCUT2D eigenvalue weighted by molar-refractivity contribution is 5.69. The molecule has 0 aliphatic heterocycles. The van der Waals surface area contributed by atoms with Gasteiger partial charge in [-0.05, 0) is 50.1 Å². The van der Waals surface area contributed by atoms with Crippen LogP contribution in [-0.4, -0.2) is 24.7 Å². The maximum absolute atomic E-state index is 5.46. The van der Waals surface area contributed by atoms with Crippen LogP contribution in [0.1, 0.15) is 22.5 Å². The molecular weight excluding hydrogens is 346 g/mol. The molecule has 0 fully saturated rings. The average Bonchev–Trinajstić information content (AvgIpc) is 2.69. The lowest BCUT2D eigenvalue weighted by Crippen LogP contribution is -2.28. The molecular formula is C24H29N3O. The number of anilines is 2. The Bertz CT molecular complexity index is 877. The van der Waals surface area contributed by atoms with Gasteiger partial charge in [0.1, 0.15) is 0 Å². The van der Waals surface area contributed by atoms with Crippen LogP contribution in [0.5, 0.6) is 0 Å². The third kappa shape index (κ3) is 5.83. The summed E-state index contributed by atoms with van der Waals surface area (Å²) in [5.74, 6) is 0. The van der Waals surface area contributed by atoms with Crippen molar-refractivity contribution >= 4 is 11.4 Å². The standard InChI is InChI=1S/C24H29N3O/c1-18-11-13-20(14-12-18)15-22(17-28-3)27-24-10-5-4-9-23(24)25-16-21-8-6-7-19(2)26-21/h4-14,22,25,27H,15-17H2,1-3H3. The van der Waals surface area contributed by atoms with Crippen molar-refractivity contribution in [2.45, 2.75) is 32.9 Å². The summed E-state index contributed by atoms with van der Waals surface area (Å²) in [4.78, 5) is 4.57. The molecule has 0 saturated carbocycles. The third-order valence-corrected chi connectivity index (χ3v) is 4.66. The molecule has 1 unspecified atom stereocenters. The largest absolute Gasteiger partial charge is 0.383 e. The van der Waals surface area contributed by atoms with Gasteiger partial charge in [0.15, 0.2) is 0 Å². The van der Waals surface area contributed by atoms with E-state index in [9.17, 15) is 0 Å². The Morgan fingerprint density at radius 3 is 2.36 bits per heavy atom. The van der Waals surface area contributed by atoms with E-state index in [0.29, 0.717) is 13.2 Å². The summed E-state index contributed by atoms with van der Waals surface area (Å²) in [7, 11) is 1.75. The van der Waals surface area contributed by atoms with Gasteiger partial charge in [-0.15, -0.1) is 0 Å². The molecule has 0 radical (unpaired) electrons. The number of ether oxygens (including phenoxy) is 1. The molecule has 1 atom stereocenters. The lowest BCUT2D eigenvalue weighted by molar-refractivity contribution is 0.185. The Labute approximate surface area is 168 Å². The number of aryl methyl sites for hydroxylation is 2. The first kappa shape index (κ1) is 19.9. The lowest BCUT2D eigenvalue weighted by atomic mass is 10.0. The Balaban J connectivity index is 1.69. The topological polar surface area (TPSA) is 46.2 Å². The molecule has 2 N–H and O–H groups in total. The van der Waals surface area contributed by atoms with Crippen LogP contribution in [0.3, 0.4) is 0 Å². The second-order valence-corrected chi connectivity index (χ2v) is 7.16. The Morgan fingerprint density at radius 1 is 0.893 bits per heavy atom. The molecule has 0 spiro atoms. The molecule has 3 aromatic rings. The van der Waals surface area contributed by atoms with Crippen LogP contribution >= 0.6 is 0 Å². The molecule has 28 heavy (non-hydrogen) atoms. The maximum Gasteiger partial charge on any atom is 0.0667 e. The molecule has 4 heteroatoms. The summed E-state index contributed by atoms with van der Waals surface area (Å²) < 4.78 is 5.46. The molecule has 2 aromatic carbocycles. The van der Waals surface area contributed by atoms with Crippen molar-refractivity contribution in [1.82, 2.24) is 4.98 Å². The summed E-state index contributed by atoms with van der Waals surface area (Å²) in [6, 6.07) is 23.3. The molecule has 1 heterocycles. The summed E-state index contributed by atoms with van der Waals surface area (Å²) in [5, 5.41) is 7.16. The van der Waals surface area contributed by atoms with E-state index < -0.39 is 0 Å². The van der Waals surface area contributed by atoms with E-state index >= 15 is 0 Å². The molecule has 3 rings (SSSR count). The molecule has 4 nitrogen and oxygen atoms in total. The molecule has 0 bridgehead atoms. The summed E-state index contributed by atoms with van der Waals surface area (Å²) in [5.41, 5.74) is 6.78. The fourth-order valence-corrected chi connectivity index (χ4v) is 3.23. The van der Waals surface area contributed by atoms with Gasteiger partial charge < -0.3 is 15.4 Å². The zero-order valence-electron chi connectivity index (χ0n) is 16.9. The van der Waals surface area contributed by atoms with Gasteiger partial charge in [-0.25, -0.2) is 0 Å². The number of rotatable bonds is 9. The number of nitrogens with zero attached hydrogens (tertiary/aromatic N) is 1. The lowest BCUT2D eigenvalue weighted by Gasteiger charge is -2.22. The predicted octanol–water partition coefficient (Wildman–Crippen LogP) is 4.98. The van der Waals surface area contributed by atoms with Gasteiger partial charge in [0, 0.05) is 12.8 Å². The van der Waals surface area contributed by atoms with Gasteiger partial charge in [-0.3, -0.25) is 4.98 Å². The van der Waals surface area contributed by atoms with Crippen molar-refractivity contribution in [3.05, 3.63) is 89.2 Å². The van der Waals surface area contributed by atoms with Gasteiger partial charge in [-0.1, -0.05) is 48.0 Å². The van der Waals surface area contributed by atoms with E-state index in [0.717, 1.165) is 29.2 Å². The normalized spacial score (nSPS) is 11.8. The molecule has 0 aliphatic carbocycles. The SMILES string of the molecule is COCC(Cc1ccc(C)cc1)Nc1ccccc1NCc1cccc(C)n1. The molecule has 0 amide bonds. The summed E-state index contributed by atoms with van der Waals surface area (Å²) >= 11 is 0. The number of aromatic nitrogens is 1. The van der Waals surface area contributed by atoms with Crippen LogP contribution in [0.4, 0.5) is 11.4 Å².